The van der Waals surface area contributed by atoms with E-state index in [4.69, 9.17) is 16.4 Å². The first-order valence-corrected chi connectivity index (χ1v) is 8.00. The predicted octanol–water partition coefficient (Wildman–Crippen LogP) is 3.15. The Bertz CT molecular complexity index is 450. The molecule has 21 heavy (non-hydrogen) atoms. The van der Waals surface area contributed by atoms with E-state index in [0.29, 0.717) is 18.2 Å². The van der Waals surface area contributed by atoms with E-state index in [9.17, 15) is 4.79 Å². The molecule has 1 amide bonds. The Morgan fingerprint density at radius 3 is 2.90 bits per heavy atom. The summed E-state index contributed by atoms with van der Waals surface area (Å²) in [5, 5.41) is 5.52. The highest BCUT2D eigenvalue weighted by Gasteiger charge is 2.31. The normalized spacial score (nSPS) is 18.9. The molecule has 5 heteroatoms. The molecule has 1 aromatic carbocycles. The molecule has 1 saturated heterocycles. The minimum absolute atomic E-state index is 0.0407. The van der Waals surface area contributed by atoms with Gasteiger partial charge in [-0.3, -0.25) is 9.63 Å². The molecule has 1 N–H and O–H groups in total. The van der Waals surface area contributed by atoms with Crippen molar-refractivity contribution in [2.45, 2.75) is 45.2 Å². The van der Waals surface area contributed by atoms with Crippen LogP contribution in [0.25, 0.3) is 0 Å². The lowest BCUT2D eigenvalue weighted by Crippen LogP contribution is -2.43. The molecule has 1 unspecified atom stereocenters. The number of carbonyl (C=O) groups excluding carboxylic acids is 1. The molecule has 116 valence electrons. The summed E-state index contributed by atoms with van der Waals surface area (Å²) in [4.78, 5) is 18.0. The Morgan fingerprint density at radius 2 is 2.19 bits per heavy atom. The number of hydrogen-bond acceptors (Lipinski definition) is 3. The maximum absolute atomic E-state index is 12.3. The molecular weight excluding hydrogens is 288 g/mol. The third kappa shape index (κ3) is 4.99. The van der Waals surface area contributed by atoms with Crippen LogP contribution in [0.4, 0.5) is 0 Å². The summed E-state index contributed by atoms with van der Waals surface area (Å²) in [6.07, 6.45) is 3.99. The Kier molecular flexibility index (Phi) is 6.49. The van der Waals surface area contributed by atoms with E-state index in [-0.39, 0.29) is 11.9 Å². The number of hydrogen-bond donors (Lipinski definition) is 1. The van der Waals surface area contributed by atoms with Crippen molar-refractivity contribution in [2.75, 3.05) is 13.2 Å². The molecule has 0 radical (unpaired) electrons. The largest absolute Gasteiger partial charge is 0.351 e. The van der Waals surface area contributed by atoms with Crippen molar-refractivity contribution in [1.29, 1.82) is 0 Å². The van der Waals surface area contributed by atoms with Crippen molar-refractivity contribution in [1.82, 2.24) is 10.4 Å². The van der Waals surface area contributed by atoms with E-state index >= 15 is 0 Å². The molecule has 0 spiro atoms. The fraction of sp³-hybridized carbons (Fsp3) is 0.562. The Labute approximate surface area is 131 Å². The highest BCUT2D eigenvalue weighted by molar-refractivity contribution is 6.30. The SMILES string of the molecule is CCCCON1CCCC1C(=O)NCc1ccc(Cl)cc1. The molecule has 0 aromatic heterocycles. The van der Waals surface area contributed by atoms with Crippen LogP contribution in [0.3, 0.4) is 0 Å². The van der Waals surface area contributed by atoms with Gasteiger partial charge in [-0.1, -0.05) is 37.1 Å². The van der Waals surface area contributed by atoms with Gasteiger partial charge in [-0.25, -0.2) is 0 Å². The summed E-state index contributed by atoms with van der Waals surface area (Å²) >= 11 is 5.85. The second kappa shape index (κ2) is 8.37. The topological polar surface area (TPSA) is 41.6 Å². The van der Waals surface area contributed by atoms with Gasteiger partial charge >= 0.3 is 0 Å². The lowest BCUT2D eigenvalue weighted by atomic mass is 10.2. The smallest absolute Gasteiger partial charge is 0.240 e. The van der Waals surface area contributed by atoms with Gasteiger partial charge in [-0.15, -0.1) is 0 Å². The van der Waals surface area contributed by atoms with Crippen molar-refractivity contribution in [3.05, 3.63) is 34.9 Å². The van der Waals surface area contributed by atoms with Crippen LogP contribution in [0.2, 0.25) is 5.02 Å². The first-order chi connectivity index (χ1) is 10.2. The summed E-state index contributed by atoms with van der Waals surface area (Å²) in [6.45, 7) is 4.18. The Hall–Kier alpha value is -1.10. The van der Waals surface area contributed by atoms with Crippen LogP contribution >= 0.6 is 11.6 Å². The van der Waals surface area contributed by atoms with Crippen LogP contribution in [0.15, 0.2) is 24.3 Å². The third-order valence-electron chi connectivity index (χ3n) is 3.64. The summed E-state index contributed by atoms with van der Waals surface area (Å²) in [6, 6.07) is 7.35. The summed E-state index contributed by atoms with van der Waals surface area (Å²) in [5.41, 5.74) is 1.05. The van der Waals surface area contributed by atoms with Gasteiger partial charge in [0.05, 0.1) is 6.61 Å². The average Bonchev–Trinajstić information content (AvgIpc) is 2.95. The lowest BCUT2D eigenvalue weighted by Gasteiger charge is -2.23. The van der Waals surface area contributed by atoms with Crippen LogP contribution in [-0.2, 0) is 16.2 Å². The molecule has 0 bridgehead atoms. The van der Waals surface area contributed by atoms with Gasteiger partial charge in [0.1, 0.15) is 6.04 Å². The molecule has 1 heterocycles. The number of rotatable bonds is 7. The monoisotopic (exact) mass is 310 g/mol. The zero-order chi connectivity index (χ0) is 15.1. The highest BCUT2D eigenvalue weighted by atomic mass is 35.5. The van der Waals surface area contributed by atoms with Crippen molar-refractivity contribution in [3.8, 4) is 0 Å². The standard InChI is InChI=1S/C16H23ClN2O2/c1-2-3-11-21-19-10-4-5-15(19)16(20)18-12-13-6-8-14(17)9-7-13/h6-9,15H,2-5,10-12H2,1H3,(H,18,20). The average molecular weight is 311 g/mol. The van der Waals surface area contributed by atoms with Gasteiger partial charge in [0.25, 0.3) is 0 Å². The van der Waals surface area contributed by atoms with Crippen LogP contribution in [0.5, 0.6) is 0 Å². The van der Waals surface area contributed by atoms with Crippen LogP contribution in [-0.4, -0.2) is 30.2 Å². The van der Waals surface area contributed by atoms with Gasteiger partial charge in [-0.2, -0.15) is 5.06 Å². The van der Waals surface area contributed by atoms with Crippen LogP contribution in [0.1, 0.15) is 38.2 Å². The maximum Gasteiger partial charge on any atom is 0.240 e. The molecular formula is C16H23ClN2O2. The fourth-order valence-corrected chi connectivity index (χ4v) is 2.52. The van der Waals surface area contributed by atoms with Crippen molar-refractivity contribution >= 4 is 17.5 Å². The molecule has 1 aliphatic heterocycles. The third-order valence-corrected chi connectivity index (χ3v) is 3.89. The number of carbonyl (C=O) groups is 1. The number of hydroxylamine groups is 2. The number of nitrogens with one attached hydrogen (secondary N) is 1. The first kappa shape index (κ1) is 16.3. The number of amides is 1. The van der Waals surface area contributed by atoms with Crippen LogP contribution < -0.4 is 5.32 Å². The van der Waals surface area contributed by atoms with E-state index in [1.54, 1.807) is 0 Å². The van der Waals surface area contributed by atoms with Gasteiger partial charge < -0.3 is 5.32 Å². The van der Waals surface area contributed by atoms with Gasteiger partial charge in [-0.05, 0) is 37.0 Å². The summed E-state index contributed by atoms with van der Waals surface area (Å²) in [5.74, 6) is 0.0407. The number of halogens is 1. The second-order valence-electron chi connectivity index (χ2n) is 5.33. The summed E-state index contributed by atoms with van der Waals surface area (Å²) < 4.78 is 0. The predicted molar refractivity (Wildman–Crippen MR) is 83.9 cm³/mol. The zero-order valence-electron chi connectivity index (χ0n) is 12.5. The number of unbranched alkanes of at least 4 members (excludes halogenated alkanes) is 1. The lowest BCUT2D eigenvalue weighted by molar-refractivity contribution is -0.177. The van der Waals surface area contributed by atoms with Crippen molar-refractivity contribution in [3.63, 3.8) is 0 Å². The van der Waals surface area contributed by atoms with E-state index < -0.39 is 0 Å². The Balaban J connectivity index is 1.80. The molecule has 2 rings (SSSR count). The van der Waals surface area contributed by atoms with Gasteiger partial charge in [0.2, 0.25) is 5.91 Å². The Morgan fingerprint density at radius 1 is 1.43 bits per heavy atom. The summed E-state index contributed by atoms with van der Waals surface area (Å²) in [7, 11) is 0. The van der Waals surface area contributed by atoms with Crippen LogP contribution in [0, 0.1) is 0 Å². The van der Waals surface area contributed by atoms with E-state index in [1.807, 2.05) is 29.3 Å². The molecule has 1 atom stereocenters. The van der Waals surface area contributed by atoms with Gasteiger partial charge in [0, 0.05) is 18.1 Å². The number of benzene rings is 1. The van der Waals surface area contributed by atoms with E-state index in [1.165, 1.54) is 0 Å². The van der Waals surface area contributed by atoms with Gasteiger partial charge in [0.15, 0.2) is 0 Å². The van der Waals surface area contributed by atoms with Crippen molar-refractivity contribution in [2.24, 2.45) is 0 Å². The molecule has 0 saturated carbocycles. The van der Waals surface area contributed by atoms with Crippen molar-refractivity contribution < 1.29 is 9.63 Å². The molecule has 1 aromatic rings. The quantitative estimate of drug-likeness (QED) is 0.787. The molecule has 1 fully saturated rings. The first-order valence-electron chi connectivity index (χ1n) is 7.62. The molecule has 1 aliphatic rings. The molecule has 0 aliphatic carbocycles. The molecule has 4 nitrogen and oxygen atoms in total. The minimum Gasteiger partial charge on any atom is -0.351 e. The minimum atomic E-state index is -0.158. The maximum atomic E-state index is 12.3. The van der Waals surface area contributed by atoms with E-state index in [0.717, 1.165) is 37.8 Å². The van der Waals surface area contributed by atoms with E-state index in [2.05, 4.69) is 12.2 Å². The highest BCUT2D eigenvalue weighted by Crippen LogP contribution is 2.18. The fourth-order valence-electron chi connectivity index (χ4n) is 2.39. The number of nitrogens with zero attached hydrogens (tertiary/aromatic N) is 1. The zero-order valence-corrected chi connectivity index (χ0v) is 13.2. The second-order valence-corrected chi connectivity index (χ2v) is 5.77.